The number of rotatable bonds is 10. The van der Waals surface area contributed by atoms with Crippen molar-refractivity contribution in [3.63, 3.8) is 0 Å². The lowest BCUT2D eigenvalue weighted by atomic mass is 9.77. The van der Waals surface area contributed by atoms with Gasteiger partial charge in [0.1, 0.15) is 28.7 Å². The van der Waals surface area contributed by atoms with Gasteiger partial charge in [-0.2, -0.15) is 15.5 Å². The first-order valence-corrected chi connectivity index (χ1v) is 16.1. The van der Waals surface area contributed by atoms with Crippen LogP contribution >= 0.6 is 11.6 Å². The van der Waals surface area contributed by atoms with Crippen molar-refractivity contribution in [1.82, 2.24) is 34.8 Å². The van der Waals surface area contributed by atoms with E-state index in [1.54, 1.807) is 22.9 Å². The first kappa shape index (κ1) is 31.4. The van der Waals surface area contributed by atoms with E-state index in [1.165, 1.54) is 0 Å². The van der Waals surface area contributed by atoms with Gasteiger partial charge in [-0.15, -0.1) is 0 Å². The Bertz CT molecular complexity index is 2150. The molecule has 0 spiro atoms. The first-order chi connectivity index (χ1) is 23.9. The van der Waals surface area contributed by atoms with Crippen molar-refractivity contribution in [2.75, 3.05) is 0 Å². The average molecular weight is 663 g/mol. The van der Waals surface area contributed by atoms with Crippen molar-refractivity contribution in [2.45, 2.75) is 25.0 Å². The second-order valence-electron chi connectivity index (χ2n) is 11.7. The van der Waals surface area contributed by atoms with E-state index in [-0.39, 0.29) is 11.9 Å². The third-order valence-corrected chi connectivity index (χ3v) is 8.81. The van der Waals surface area contributed by atoms with Crippen molar-refractivity contribution in [3.05, 3.63) is 173 Å². The largest absolute Gasteiger partial charge is 0.346 e. The summed E-state index contributed by atoms with van der Waals surface area (Å²) in [6.45, 7) is 2.36. The van der Waals surface area contributed by atoms with E-state index in [9.17, 15) is 4.79 Å². The predicted molar refractivity (Wildman–Crippen MR) is 189 cm³/mol. The fourth-order valence-electron chi connectivity index (χ4n) is 6.20. The third-order valence-electron chi connectivity index (χ3n) is 8.49. The van der Waals surface area contributed by atoms with Crippen LogP contribution in [0.4, 0.5) is 0 Å². The van der Waals surface area contributed by atoms with Crippen LogP contribution in [0.25, 0.3) is 22.6 Å². The highest BCUT2D eigenvalue weighted by atomic mass is 35.5. The first-order valence-electron chi connectivity index (χ1n) is 15.8. The zero-order chi connectivity index (χ0) is 33.8. The molecular weight excluding hydrogens is 632 g/mol. The number of hydrogen-bond acceptors (Lipinski definition) is 5. The highest BCUT2D eigenvalue weighted by Gasteiger charge is 2.38. The lowest BCUT2D eigenvalue weighted by Crippen LogP contribution is -2.36. The van der Waals surface area contributed by atoms with Gasteiger partial charge in [0, 0.05) is 24.0 Å². The fourth-order valence-corrected chi connectivity index (χ4v) is 6.43. The maximum Gasteiger partial charge on any atom is 0.269 e. The van der Waals surface area contributed by atoms with Crippen LogP contribution in [0.3, 0.4) is 0 Å². The van der Waals surface area contributed by atoms with Gasteiger partial charge in [-0.1, -0.05) is 109 Å². The monoisotopic (exact) mass is 662 g/mol. The molecule has 0 saturated heterocycles. The lowest BCUT2D eigenvalue weighted by Gasteiger charge is -2.37. The van der Waals surface area contributed by atoms with E-state index in [4.69, 9.17) is 21.8 Å². The SMILES string of the molecule is C[C@@H](Cn1ccc(-c2ccc(C#N)c(Cl)c2)n1)NC(=O)c1cc(-c2cn(C(c3ccccc3)(c3ccccc3)c3ccccc3)cn2)n[nH]1. The molecule has 0 saturated carbocycles. The third kappa shape index (κ3) is 6.13. The molecule has 0 radical (unpaired) electrons. The summed E-state index contributed by atoms with van der Waals surface area (Å²) in [5.41, 5.74) is 5.98. The summed E-state index contributed by atoms with van der Waals surface area (Å²) >= 11 is 6.21. The molecule has 2 N–H and O–H groups in total. The second-order valence-corrected chi connectivity index (χ2v) is 12.2. The van der Waals surface area contributed by atoms with E-state index >= 15 is 0 Å². The van der Waals surface area contributed by atoms with Crippen molar-refractivity contribution in [2.24, 2.45) is 0 Å². The van der Waals surface area contributed by atoms with Crippen LogP contribution in [0.15, 0.2) is 140 Å². The molecule has 9 nitrogen and oxygen atoms in total. The number of amides is 1. The maximum atomic E-state index is 13.3. The lowest BCUT2D eigenvalue weighted by molar-refractivity contribution is 0.0931. The summed E-state index contributed by atoms with van der Waals surface area (Å²) in [7, 11) is 0. The number of nitrogens with one attached hydrogen (secondary N) is 2. The number of carbonyl (C=O) groups is 1. The maximum absolute atomic E-state index is 13.3. The van der Waals surface area contributed by atoms with Gasteiger partial charge < -0.3 is 9.88 Å². The number of hydrogen-bond donors (Lipinski definition) is 2. The van der Waals surface area contributed by atoms with E-state index < -0.39 is 5.54 Å². The summed E-state index contributed by atoms with van der Waals surface area (Å²) in [6.07, 6.45) is 5.64. The van der Waals surface area contributed by atoms with Crippen molar-refractivity contribution >= 4 is 17.5 Å². The van der Waals surface area contributed by atoms with Gasteiger partial charge in [0.2, 0.25) is 0 Å². The highest BCUT2D eigenvalue weighted by molar-refractivity contribution is 6.32. The molecule has 1 amide bonds. The van der Waals surface area contributed by atoms with E-state index in [0.29, 0.717) is 34.2 Å². The van der Waals surface area contributed by atoms with Crippen LogP contribution in [-0.4, -0.2) is 41.5 Å². The highest BCUT2D eigenvalue weighted by Crippen LogP contribution is 2.41. The minimum absolute atomic E-state index is 0.237. The second kappa shape index (κ2) is 13.5. The topological polar surface area (TPSA) is 117 Å². The Kier molecular flexibility index (Phi) is 8.62. The number of aromatic amines is 1. The number of benzene rings is 4. The number of halogens is 1. The van der Waals surface area contributed by atoms with Crippen molar-refractivity contribution in [3.8, 4) is 28.7 Å². The van der Waals surface area contributed by atoms with Crippen molar-refractivity contribution in [1.29, 1.82) is 5.26 Å². The normalized spacial score (nSPS) is 11.9. The summed E-state index contributed by atoms with van der Waals surface area (Å²) < 4.78 is 3.87. The van der Waals surface area contributed by atoms with Gasteiger partial charge in [-0.25, -0.2) is 4.98 Å². The summed E-state index contributed by atoms with van der Waals surface area (Å²) in [4.78, 5) is 18.0. The van der Waals surface area contributed by atoms with E-state index in [0.717, 1.165) is 27.9 Å². The molecule has 0 unspecified atom stereocenters. The minimum Gasteiger partial charge on any atom is -0.346 e. The van der Waals surface area contributed by atoms with Crippen LogP contribution in [0, 0.1) is 11.3 Å². The molecule has 1 atom stereocenters. The van der Waals surface area contributed by atoms with Gasteiger partial charge in [-0.05, 0) is 47.9 Å². The smallest absolute Gasteiger partial charge is 0.269 e. The molecule has 3 heterocycles. The molecule has 0 aliphatic carbocycles. The van der Waals surface area contributed by atoms with Gasteiger partial charge in [0.15, 0.2) is 0 Å². The molecule has 7 rings (SSSR count). The van der Waals surface area contributed by atoms with Gasteiger partial charge in [0.05, 0.1) is 29.2 Å². The standard InChI is InChI=1S/C39H31ClN8O/c1-27(24-48-20-19-34(46-48)28-17-18-29(23-41)33(40)21-28)43-38(49)36-22-35(44-45-36)37-25-47(26-42-37)39(30-11-5-2-6-12-30,31-13-7-3-8-14-31)32-15-9-4-10-16-32/h2-22,25-27H,24H2,1H3,(H,43,49)(H,44,45)/t27-/m0/s1. The molecule has 0 aliphatic heterocycles. The fraction of sp³-hybridized carbons (Fsp3) is 0.103. The Labute approximate surface area is 288 Å². The molecular formula is C39H31ClN8O. The molecule has 3 aromatic heterocycles. The summed E-state index contributed by atoms with van der Waals surface area (Å²) in [5.74, 6) is -0.288. The predicted octanol–water partition coefficient (Wildman–Crippen LogP) is 7.32. The van der Waals surface area contributed by atoms with Crippen LogP contribution in [-0.2, 0) is 12.1 Å². The molecule has 7 aromatic rings. The number of nitrogens with zero attached hydrogens (tertiary/aromatic N) is 6. The molecule has 10 heteroatoms. The average Bonchev–Trinajstić information content (AvgIpc) is 3.92. The Morgan fingerprint density at radius 1 is 0.878 bits per heavy atom. The molecule has 0 aliphatic rings. The number of imidazole rings is 1. The Morgan fingerprint density at radius 2 is 1.51 bits per heavy atom. The molecule has 4 aromatic carbocycles. The van der Waals surface area contributed by atoms with E-state index in [2.05, 4.69) is 67.6 Å². The van der Waals surface area contributed by atoms with Crippen LogP contribution < -0.4 is 5.32 Å². The number of H-pyrrole nitrogens is 1. The number of nitriles is 1. The molecule has 49 heavy (non-hydrogen) atoms. The Hall–Kier alpha value is -6.24. The zero-order valence-electron chi connectivity index (χ0n) is 26.5. The summed E-state index contributed by atoms with van der Waals surface area (Å²) in [6, 6.07) is 41.7. The summed E-state index contributed by atoms with van der Waals surface area (Å²) in [5, 5.41) is 24.5. The van der Waals surface area contributed by atoms with E-state index in [1.807, 2.05) is 92.4 Å². The van der Waals surface area contributed by atoms with Gasteiger partial charge in [-0.3, -0.25) is 14.6 Å². The number of aromatic nitrogens is 6. The quantitative estimate of drug-likeness (QED) is 0.149. The van der Waals surface area contributed by atoms with Crippen LogP contribution in [0.2, 0.25) is 5.02 Å². The van der Waals surface area contributed by atoms with Gasteiger partial charge >= 0.3 is 0 Å². The van der Waals surface area contributed by atoms with Gasteiger partial charge in [0.25, 0.3) is 5.91 Å². The van der Waals surface area contributed by atoms with Crippen molar-refractivity contribution < 1.29 is 4.79 Å². The number of carbonyl (C=O) groups excluding carboxylic acids is 1. The van der Waals surface area contributed by atoms with Crippen LogP contribution in [0.1, 0.15) is 39.7 Å². The Morgan fingerprint density at radius 3 is 2.10 bits per heavy atom. The molecule has 240 valence electrons. The minimum atomic E-state index is -0.709. The zero-order valence-corrected chi connectivity index (χ0v) is 27.3. The Balaban J connectivity index is 1.11. The molecule has 0 fully saturated rings. The van der Waals surface area contributed by atoms with Crippen LogP contribution in [0.5, 0.6) is 0 Å². The molecule has 0 bridgehead atoms.